The fourth-order valence-electron chi connectivity index (χ4n) is 1.01. The van der Waals surface area contributed by atoms with E-state index < -0.39 is 0 Å². The van der Waals surface area contributed by atoms with Crippen molar-refractivity contribution in [2.24, 2.45) is 12.8 Å². The minimum absolute atomic E-state index is 0.0113. The third-order valence-electron chi connectivity index (χ3n) is 1.53. The summed E-state index contributed by atoms with van der Waals surface area (Å²) in [5.74, 6) is -0.332. The number of nitrogens with one attached hydrogen (secondary N) is 2. The number of hydrazine groups is 1. The Kier molecular flexibility index (Phi) is 3.03. The summed E-state index contributed by atoms with van der Waals surface area (Å²) in [5, 5.41) is 4.03. The molecule has 0 aliphatic heterocycles. The molecule has 1 rings (SSSR count). The van der Waals surface area contributed by atoms with Crippen molar-refractivity contribution in [1.82, 2.24) is 20.6 Å². The number of rotatable bonds is 1. The highest BCUT2D eigenvalue weighted by atomic mass is 32.1. The summed E-state index contributed by atoms with van der Waals surface area (Å²) < 4.78 is 1.48. The first-order valence-electron chi connectivity index (χ1n) is 3.87. The van der Waals surface area contributed by atoms with E-state index in [9.17, 15) is 4.79 Å². The van der Waals surface area contributed by atoms with Crippen LogP contribution in [0.5, 0.6) is 0 Å². The number of nitrogens with two attached hydrogens (primary N) is 1. The van der Waals surface area contributed by atoms with Gasteiger partial charge in [0.1, 0.15) is 5.69 Å². The monoisotopic (exact) mass is 213 g/mol. The van der Waals surface area contributed by atoms with Crippen LogP contribution in [0.25, 0.3) is 0 Å². The SMILES string of the molecule is Cc1cc(C(=O)NNC(N)=S)n(C)n1. The Labute approximate surface area is 86.4 Å². The third kappa shape index (κ3) is 2.43. The zero-order chi connectivity index (χ0) is 10.7. The second-order valence-electron chi connectivity index (χ2n) is 2.74. The fraction of sp³-hybridized carbons (Fsp3) is 0.286. The fourth-order valence-corrected chi connectivity index (χ4v) is 1.06. The summed E-state index contributed by atoms with van der Waals surface area (Å²) in [6, 6.07) is 1.66. The molecule has 0 aromatic carbocycles. The maximum Gasteiger partial charge on any atom is 0.287 e. The lowest BCUT2D eigenvalue weighted by Crippen LogP contribution is -2.44. The molecule has 1 aromatic heterocycles. The third-order valence-corrected chi connectivity index (χ3v) is 1.64. The van der Waals surface area contributed by atoms with E-state index in [4.69, 9.17) is 5.73 Å². The Balaban J connectivity index is 2.69. The lowest BCUT2D eigenvalue weighted by molar-refractivity contribution is 0.0934. The minimum atomic E-state index is -0.332. The molecule has 7 heteroatoms. The average molecular weight is 213 g/mol. The quantitative estimate of drug-likeness (QED) is 0.420. The van der Waals surface area contributed by atoms with Crippen LogP contribution in [0.15, 0.2) is 6.07 Å². The molecule has 0 unspecified atom stereocenters. The van der Waals surface area contributed by atoms with Crippen LogP contribution in [0.1, 0.15) is 16.2 Å². The molecule has 0 atom stereocenters. The molecule has 1 aromatic rings. The first kappa shape index (κ1) is 10.5. The average Bonchev–Trinajstić information content (AvgIpc) is 2.41. The van der Waals surface area contributed by atoms with Gasteiger partial charge >= 0.3 is 0 Å². The Morgan fingerprint density at radius 1 is 1.64 bits per heavy atom. The van der Waals surface area contributed by atoms with Crippen molar-refractivity contribution in [2.45, 2.75) is 6.92 Å². The standard InChI is InChI=1S/C7H11N5OS/c1-4-3-5(12(2)11-4)6(13)9-10-7(8)14/h3H,1-2H3,(H,9,13)(H3,8,10,14). The molecule has 0 spiro atoms. The van der Waals surface area contributed by atoms with Crippen LogP contribution in [0, 0.1) is 6.92 Å². The van der Waals surface area contributed by atoms with Crippen molar-refractivity contribution in [1.29, 1.82) is 0 Å². The van der Waals surface area contributed by atoms with Gasteiger partial charge < -0.3 is 5.73 Å². The van der Waals surface area contributed by atoms with E-state index >= 15 is 0 Å². The van der Waals surface area contributed by atoms with Gasteiger partial charge in [-0.2, -0.15) is 5.10 Å². The molecular formula is C7H11N5OS. The normalized spacial score (nSPS) is 9.57. The van der Waals surface area contributed by atoms with Crippen LogP contribution in [0.4, 0.5) is 0 Å². The predicted molar refractivity (Wildman–Crippen MR) is 55.3 cm³/mol. The highest BCUT2D eigenvalue weighted by molar-refractivity contribution is 7.80. The van der Waals surface area contributed by atoms with Crippen molar-refractivity contribution in [2.75, 3.05) is 0 Å². The number of aryl methyl sites for hydroxylation is 2. The van der Waals surface area contributed by atoms with Crippen LogP contribution in [0.3, 0.4) is 0 Å². The van der Waals surface area contributed by atoms with Gasteiger partial charge in [0.05, 0.1) is 5.69 Å². The molecule has 1 amide bonds. The topological polar surface area (TPSA) is 85.0 Å². The Hall–Kier alpha value is -1.63. The van der Waals surface area contributed by atoms with E-state index in [0.29, 0.717) is 5.69 Å². The predicted octanol–water partition coefficient (Wildman–Crippen LogP) is -0.793. The van der Waals surface area contributed by atoms with Gasteiger partial charge in [-0.15, -0.1) is 0 Å². The van der Waals surface area contributed by atoms with E-state index in [-0.39, 0.29) is 11.0 Å². The molecule has 0 saturated heterocycles. The van der Waals surface area contributed by atoms with Crippen molar-refractivity contribution >= 4 is 23.2 Å². The summed E-state index contributed by atoms with van der Waals surface area (Å²) in [7, 11) is 1.68. The second kappa shape index (κ2) is 4.05. The van der Waals surface area contributed by atoms with Crippen LogP contribution < -0.4 is 16.6 Å². The van der Waals surface area contributed by atoms with E-state index in [1.165, 1.54) is 4.68 Å². The Morgan fingerprint density at radius 2 is 2.29 bits per heavy atom. The molecule has 0 radical (unpaired) electrons. The molecule has 6 nitrogen and oxygen atoms in total. The molecular weight excluding hydrogens is 202 g/mol. The molecule has 76 valence electrons. The van der Waals surface area contributed by atoms with E-state index in [0.717, 1.165) is 5.69 Å². The van der Waals surface area contributed by atoms with E-state index in [1.54, 1.807) is 20.0 Å². The van der Waals surface area contributed by atoms with Crippen LogP contribution in [-0.4, -0.2) is 20.8 Å². The first-order chi connectivity index (χ1) is 6.50. The number of nitrogens with zero attached hydrogens (tertiary/aromatic N) is 2. The first-order valence-corrected chi connectivity index (χ1v) is 4.28. The molecule has 4 N–H and O–H groups in total. The van der Waals surface area contributed by atoms with Crippen molar-refractivity contribution in [3.05, 3.63) is 17.5 Å². The molecule has 0 fully saturated rings. The highest BCUT2D eigenvalue weighted by Gasteiger charge is 2.10. The number of hydrogen-bond donors (Lipinski definition) is 3. The minimum Gasteiger partial charge on any atom is -0.375 e. The van der Waals surface area contributed by atoms with Gasteiger partial charge in [0.2, 0.25) is 0 Å². The number of carbonyl (C=O) groups excluding carboxylic acids is 1. The summed E-state index contributed by atoms with van der Waals surface area (Å²) in [6.45, 7) is 1.80. The van der Waals surface area contributed by atoms with Crippen LogP contribution in [0.2, 0.25) is 0 Å². The van der Waals surface area contributed by atoms with Gasteiger partial charge in [-0.05, 0) is 25.2 Å². The van der Waals surface area contributed by atoms with Crippen molar-refractivity contribution in [3.8, 4) is 0 Å². The molecule has 14 heavy (non-hydrogen) atoms. The zero-order valence-electron chi connectivity index (χ0n) is 7.87. The van der Waals surface area contributed by atoms with Crippen LogP contribution in [-0.2, 0) is 7.05 Å². The van der Waals surface area contributed by atoms with Gasteiger partial charge in [-0.3, -0.25) is 20.3 Å². The lowest BCUT2D eigenvalue weighted by atomic mass is 10.3. The van der Waals surface area contributed by atoms with E-state index in [2.05, 4.69) is 28.2 Å². The summed E-state index contributed by atoms with van der Waals surface area (Å²) in [4.78, 5) is 11.4. The maximum absolute atomic E-state index is 11.4. The van der Waals surface area contributed by atoms with Gasteiger partial charge in [-0.25, -0.2) is 0 Å². The summed E-state index contributed by atoms with van der Waals surface area (Å²) in [6.07, 6.45) is 0. The molecule has 0 saturated carbocycles. The number of aromatic nitrogens is 2. The Bertz CT molecular complexity index is 372. The lowest BCUT2D eigenvalue weighted by Gasteiger charge is -2.05. The summed E-state index contributed by atoms with van der Waals surface area (Å²) in [5.41, 5.74) is 11.0. The van der Waals surface area contributed by atoms with Gasteiger partial charge in [-0.1, -0.05) is 0 Å². The Morgan fingerprint density at radius 3 is 2.71 bits per heavy atom. The smallest absolute Gasteiger partial charge is 0.287 e. The van der Waals surface area contributed by atoms with Crippen molar-refractivity contribution < 1.29 is 4.79 Å². The summed E-state index contributed by atoms with van der Waals surface area (Å²) >= 11 is 4.53. The molecule has 0 aliphatic carbocycles. The number of carbonyl (C=O) groups is 1. The van der Waals surface area contributed by atoms with Crippen molar-refractivity contribution in [3.63, 3.8) is 0 Å². The second-order valence-corrected chi connectivity index (χ2v) is 3.18. The van der Waals surface area contributed by atoms with Gasteiger partial charge in [0.25, 0.3) is 5.91 Å². The molecule has 0 aliphatic rings. The largest absolute Gasteiger partial charge is 0.375 e. The highest BCUT2D eigenvalue weighted by Crippen LogP contribution is 2.00. The molecule has 1 heterocycles. The zero-order valence-corrected chi connectivity index (χ0v) is 8.68. The molecule has 0 bridgehead atoms. The number of hydrogen-bond acceptors (Lipinski definition) is 3. The number of amides is 1. The van der Waals surface area contributed by atoms with Crippen LogP contribution >= 0.6 is 12.2 Å². The maximum atomic E-state index is 11.4. The van der Waals surface area contributed by atoms with Gasteiger partial charge in [0, 0.05) is 7.05 Å². The van der Waals surface area contributed by atoms with Gasteiger partial charge in [0.15, 0.2) is 5.11 Å². The number of thiocarbonyl (C=S) groups is 1. The van der Waals surface area contributed by atoms with E-state index in [1.807, 2.05) is 0 Å².